The fourth-order valence-corrected chi connectivity index (χ4v) is 1.18. The summed E-state index contributed by atoms with van der Waals surface area (Å²) in [6, 6.07) is 5.32. The van der Waals surface area contributed by atoms with E-state index in [-0.39, 0.29) is 6.61 Å². The first kappa shape index (κ1) is 11.6. The molecule has 1 aromatic carbocycles. The zero-order chi connectivity index (χ0) is 11.3. The first-order valence-electron chi connectivity index (χ1n) is 4.38. The van der Waals surface area contributed by atoms with Crippen LogP contribution in [0.25, 0.3) is 0 Å². The van der Waals surface area contributed by atoms with Crippen LogP contribution >= 0.6 is 11.6 Å². The van der Waals surface area contributed by atoms with Crippen molar-refractivity contribution in [2.24, 2.45) is 0 Å². The Hall–Kier alpha value is -1.48. The van der Waals surface area contributed by atoms with Gasteiger partial charge in [-0.1, -0.05) is 17.7 Å². The van der Waals surface area contributed by atoms with Gasteiger partial charge in [0.05, 0.1) is 0 Å². The highest BCUT2D eigenvalue weighted by Gasteiger charge is 1.99. The number of rotatable bonds is 4. The normalized spacial score (nSPS) is 10.5. The molecule has 0 bridgehead atoms. The third-order valence-corrected chi connectivity index (χ3v) is 1.98. The van der Waals surface area contributed by atoms with Crippen LogP contribution in [0, 0.1) is 6.92 Å². The predicted octanol–water partition coefficient (Wildman–Crippen LogP) is 2.67. The van der Waals surface area contributed by atoms with E-state index < -0.39 is 5.97 Å². The molecule has 0 unspecified atom stereocenters. The minimum Gasteiger partial charge on any atom is -0.489 e. The minimum atomic E-state index is -0.985. The summed E-state index contributed by atoms with van der Waals surface area (Å²) >= 11 is 5.79. The van der Waals surface area contributed by atoms with E-state index >= 15 is 0 Å². The number of ether oxygens (including phenoxy) is 1. The van der Waals surface area contributed by atoms with E-state index in [1.165, 1.54) is 6.08 Å². The molecule has 0 spiro atoms. The van der Waals surface area contributed by atoms with Gasteiger partial charge in [0.25, 0.3) is 0 Å². The van der Waals surface area contributed by atoms with Gasteiger partial charge in [0.15, 0.2) is 0 Å². The van der Waals surface area contributed by atoms with E-state index in [0.717, 1.165) is 11.6 Å². The molecule has 0 aliphatic heterocycles. The smallest absolute Gasteiger partial charge is 0.328 e. The van der Waals surface area contributed by atoms with Crippen LogP contribution in [-0.4, -0.2) is 17.7 Å². The van der Waals surface area contributed by atoms with E-state index in [4.69, 9.17) is 21.4 Å². The molecule has 1 aromatic rings. The number of carboxylic acids is 1. The summed E-state index contributed by atoms with van der Waals surface area (Å²) < 4.78 is 5.33. The van der Waals surface area contributed by atoms with Gasteiger partial charge in [-0.2, -0.15) is 0 Å². The lowest BCUT2D eigenvalue weighted by Gasteiger charge is -2.06. The minimum absolute atomic E-state index is 0.216. The molecule has 0 aliphatic carbocycles. The molecule has 0 aliphatic rings. The highest BCUT2D eigenvalue weighted by Crippen LogP contribution is 2.22. The highest BCUT2D eigenvalue weighted by atomic mass is 35.5. The van der Waals surface area contributed by atoms with E-state index in [0.29, 0.717) is 10.8 Å². The summed E-state index contributed by atoms with van der Waals surface area (Å²) in [7, 11) is 0. The zero-order valence-electron chi connectivity index (χ0n) is 8.24. The standard InChI is InChI=1S/C11H11ClO3/c1-8-4-5-9(12)7-10(8)15-6-2-3-11(13)14/h2-5,7H,6H2,1H3,(H,13,14)/b3-2+. The molecule has 80 valence electrons. The monoisotopic (exact) mass is 226 g/mol. The molecular weight excluding hydrogens is 216 g/mol. The topological polar surface area (TPSA) is 46.5 Å². The molecule has 15 heavy (non-hydrogen) atoms. The van der Waals surface area contributed by atoms with Crippen LogP contribution in [0.4, 0.5) is 0 Å². The Morgan fingerprint density at radius 3 is 3.00 bits per heavy atom. The third-order valence-electron chi connectivity index (χ3n) is 1.75. The molecule has 3 nitrogen and oxygen atoms in total. The number of carboxylic acid groups (broad SMARTS) is 1. The largest absolute Gasteiger partial charge is 0.489 e. The van der Waals surface area contributed by atoms with Crippen molar-refractivity contribution in [3.05, 3.63) is 40.9 Å². The molecule has 1 rings (SSSR count). The quantitative estimate of drug-likeness (QED) is 0.803. The maximum atomic E-state index is 10.2. The lowest BCUT2D eigenvalue weighted by molar-refractivity contribution is -0.131. The second kappa shape index (κ2) is 5.41. The number of benzene rings is 1. The number of halogens is 1. The van der Waals surface area contributed by atoms with E-state index in [1.807, 2.05) is 13.0 Å². The Bertz CT molecular complexity index is 385. The van der Waals surface area contributed by atoms with Crippen molar-refractivity contribution in [3.63, 3.8) is 0 Å². The zero-order valence-corrected chi connectivity index (χ0v) is 8.99. The summed E-state index contributed by atoms with van der Waals surface area (Å²) in [6.45, 7) is 2.11. The van der Waals surface area contributed by atoms with Gasteiger partial charge < -0.3 is 9.84 Å². The average Bonchev–Trinajstić information content (AvgIpc) is 2.17. The molecule has 0 aromatic heterocycles. The molecule has 0 fully saturated rings. The number of aryl methyl sites for hydroxylation is 1. The van der Waals surface area contributed by atoms with Crippen LogP contribution in [0.5, 0.6) is 5.75 Å². The van der Waals surface area contributed by atoms with E-state index in [2.05, 4.69) is 0 Å². The van der Waals surface area contributed by atoms with Gasteiger partial charge in [-0.3, -0.25) is 0 Å². The lowest BCUT2D eigenvalue weighted by Crippen LogP contribution is -1.97. The van der Waals surface area contributed by atoms with Gasteiger partial charge in [-0.05, 0) is 30.7 Å². The van der Waals surface area contributed by atoms with E-state index in [1.54, 1.807) is 12.1 Å². The van der Waals surface area contributed by atoms with Crippen molar-refractivity contribution >= 4 is 17.6 Å². The van der Waals surface area contributed by atoms with Crippen LogP contribution in [0.2, 0.25) is 5.02 Å². The number of carbonyl (C=O) groups is 1. The fourth-order valence-electron chi connectivity index (χ4n) is 1.02. The summed E-state index contributed by atoms with van der Waals surface area (Å²) in [5, 5.41) is 8.94. The average molecular weight is 227 g/mol. The summed E-state index contributed by atoms with van der Waals surface area (Å²) in [4.78, 5) is 10.2. The molecule has 0 atom stereocenters. The van der Waals surface area contributed by atoms with Crippen molar-refractivity contribution in [1.82, 2.24) is 0 Å². The van der Waals surface area contributed by atoms with Crippen LogP contribution in [-0.2, 0) is 4.79 Å². The Morgan fingerprint density at radius 1 is 1.60 bits per heavy atom. The lowest BCUT2D eigenvalue weighted by atomic mass is 10.2. The maximum absolute atomic E-state index is 10.2. The van der Waals surface area contributed by atoms with Gasteiger partial charge in [0.1, 0.15) is 12.4 Å². The number of aliphatic carboxylic acids is 1. The molecule has 4 heteroatoms. The summed E-state index contributed by atoms with van der Waals surface area (Å²) in [5.74, 6) is -0.320. The Morgan fingerprint density at radius 2 is 2.33 bits per heavy atom. The van der Waals surface area contributed by atoms with Gasteiger partial charge in [-0.15, -0.1) is 0 Å². The fraction of sp³-hybridized carbons (Fsp3) is 0.182. The maximum Gasteiger partial charge on any atom is 0.328 e. The second-order valence-electron chi connectivity index (χ2n) is 2.96. The number of hydrogen-bond acceptors (Lipinski definition) is 2. The van der Waals surface area contributed by atoms with Crippen LogP contribution < -0.4 is 4.74 Å². The molecule has 0 amide bonds. The van der Waals surface area contributed by atoms with Gasteiger partial charge >= 0.3 is 5.97 Å². The first-order chi connectivity index (χ1) is 7.09. The highest BCUT2D eigenvalue weighted by molar-refractivity contribution is 6.30. The molecular formula is C11H11ClO3. The van der Waals surface area contributed by atoms with E-state index in [9.17, 15) is 4.79 Å². The number of hydrogen-bond donors (Lipinski definition) is 1. The molecule has 0 heterocycles. The van der Waals surface area contributed by atoms with Crippen molar-refractivity contribution in [3.8, 4) is 5.75 Å². The first-order valence-corrected chi connectivity index (χ1v) is 4.76. The van der Waals surface area contributed by atoms with Crippen molar-refractivity contribution in [2.75, 3.05) is 6.61 Å². The van der Waals surface area contributed by atoms with Crippen LogP contribution in [0.3, 0.4) is 0 Å². The Balaban J connectivity index is 2.57. The SMILES string of the molecule is Cc1ccc(Cl)cc1OC/C=C/C(=O)O. The van der Waals surface area contributed by atoms with Gasteiger partial charge in [0.2, 0.25) is 0 Å². The molecule has 0 radical (unpaired) electrons. The van der Waals surface area contributed by atoms with Crippen LogP contribution in [0.15, 0.2) is 30.4 Å². The van der Waals surface area contributed by atoms with Crippen molar-refractivity contribution in [1.29, 1.82) is 0 Å². The summed E-state index contributed by atoms with van der Waals surface area (Å²) in [5.41, 5.74) is 0.961. The van der Waals surface area contributed by atoms with Gasteiger partial charge in [0, 0.05) is 11.1 Å². The van der Waals surface area contributed by atoms with Crippen LogP contribution in [0.1, 0.15) is 5.56 Å². The third kappa shape index (κ3) is 4.04. The molecule has 0 saturated heterocycles. The van der Waals surface area contributed by atoms with Crippen molar-refractivity contribution in [2.45, 2.75) is 6.92 Å². The Kier molecular flexibility index (Phi) is 4.18. The molecule has 0 saturated carbocycles. The van der Waals surface area contributed by atoms with Gasteiger partial charge in [-0.25, -0.2) is 4.79 Å². The molecule has 1 N–H and O–H groups in total. The second-order valence-corrected chi connectivity index (χ2v) is 3.40. The Labute approximate surface area is 92.9 Å². The predicted molar refractivity (Wildman–Crippen MR) is 58.5 cm³/mol. The van der Waals surface area contributed by atoms with Crippen molar-refractivity contribution < 1.29 is 14.6 Å². The summed E-state index contributed by atoms with van der Waals surface area (Å²) in [6.07, 6.45) is 2.47.